The molecule has 21 nitrogen and oxygen atoms in total. The molecule has 0 atom stereocenters. The Labute approximate surface area is 247 Å². The van der Waals surface area contributed by atoms with Gasteiger partial charge in [-0.05, 0) is 0 Å². The first-order valence-corrected chi connectivity index (χ1v) is 8.77. The fourth-order valence-corrected chi connectivity index (χ4v) is 2.80. The van der Waals surface area contributed by atoms with Crippen molar-refractivity contribution in [2.24, 2.45) is 0 Å². The maximum absolute atomic E-state index is 11.3. The van der Waals surface area contributed by atoms with Crippen LogP contribution in [0.2, 0.25) is 0 Å². The first kappa shape index (κ1) is 61.0. The zero-order valence-electron chi connectivity index (χ0n) is 21.3. The molecule has 23 heteroatoms. The quantitative estimate of drug-likeness (QED) is 0.169. The van der Waals surface area contributed by atoms with Crippen molar-refractivity contribution in [1.82, 2.24) is 19.6 Å². The molecule has 0 unspecified atom stereocenters. The van der Waals surface area contributed by atoms with Crippen molar-refractivity contribution in [2.75, 3.05) is 65.4 Å². The van der Waals surface area contributed by atoms with E-state index in [-0.39, 0.29) is 117 Å². The summed E-state index contributed by atoms with van der Waals surface area (Å²) in [5.74, 6) is -5.97. The largest absolute Gasteiger partial charge is 2.00 e. The van der Waals surface area contributed by atoms with Gasteiger partial charge in [0, 0.05) is 39.3 Å². The predicted octanol–water partition coefficient (Wildman–Crippen LogP) is -15.1. The number of nitrogens with zero attached hydrogens (tertiary/aromatic N) is 4. The maximum Gasteiger partial charge on any atom is 2.00 e. The zero-order valence-corrected chi connectivity index (χ0v) is 27.3. The van der Waals surface area contributed by atoms with E-state index in [1.165, 1.54) is 9.80 Å². The summed E-state index contributed by atoms with van der Waals surface area (Å²) in [6.45, 7) is -0.672. The molecule has 0 spiro atoms. The molecule has 39 heavy (non-hydrogen) atoms. The van der Waals surface area contributed by atoms with E-state index in [9.17, 15) is 49.2 Å². The van der Waals surface area contributed by atoms with E-state index in [4.69, 9.17) is 0 Å². The Balaban J connectivity index is -0.0000000536. The van der Waals surface area contributed by atoms with Crippen molar-refractivity contribution in [2.45, 2.75) is 0 Å². The van der Waals surface area contributed by atoms with E-state index in [1.54, 1.807) is 0 Å². The molecule has 0 saturated carbocycles. The number of carboxylic acid groups (broad SMARTS) is 4. The Morgan fingerprint density at radius 2 is 0.744 bits per heavy atom. The molecule has 0 aromatic heterocycles. The first-order valence-electron chi connectivity index (χ1n) is 8.77. The van der Waals surface area contributed by atoms with Crippen molar-refractivity contribution in [1.29, 1.82) is 0 Å². The van der Waals surface area contributed by atoms with Gasteiger partial charge >= 0.3 is 39.0 Å². The molecule has 2 saturated heterocycles. The Morgan fingerprint density at radius 3 is 0.923 bits per heavy atom. The second-order valence-corrected chi connectivity index (χ2v) is 6.54. The Bertz CT molecular complexity index is 660. The topological polar surface area (TPSA) is 437 Å². The summed E-state index contributed by atoms with van der Waals surface area (Å²) in [6, 6.07) is 0. The summed E-state index contributed by atoms with van der Waals surface area (Å²) < 4.78 is 0. The molecular weight excluding hydrogens is 651 g/mol. The second kappa shape index (κ2) is 30.3. The molecule has 0 aromatic carbocycles. The Kier molecular flexibility index (Phi) is 47.3. The van der Waals surface area contributed by atoms with Crippen LogP contribution in [0.15, 0.2) is 0 Å². The molecule has 2 aliphatic rings. The van der Waals surface area contributed by atoms with Crippen molar-refractivity contribution in [3.05, 3.63) is 0 Å². The number of hydrogen-bond acceptors (Lipinski definition) is 12. The number of amides is 2. The van der Waals surface area contributed by atoms with E-state index >= 15 is 0 Å². The minimum absolute atomic E-state index is 0. The summed E-state index contributed by atoms with van der Waals surface area (Å²) in [7, 11) is 0. The van der Waals surface area contributed by atoms with Gasteiger partial charge in [-0.15, -0.1) is 0 Å². The van der Waals surface area contributed by atoms with Crippen LogP contribution in [-0.4, -0.2) is 126 Å². The Hall–Kier alpha value is -2.29. The summed E-state index contributed by atoms with van der Waals surface area (Å²) in [6.07, 6.45) is 0. The fourth-order valence-electron chi connectivity index (χ4n) is 2.80. The molecule has 20 N–H and O–H groups in total. The van der Waals surface area contributed by atoms with Crippen molar-refractivity contribution in [3.63, 3.8) is 0 Å². The van der Waals surface area contributed by atoms with E-state index in [1.807, 2.05) is 0 Å². The molecule has 0 aromatic rings. The van der Waals surface area contributed by atoms with Gasteiger partial charge in [-0.25, -0.2) is 0 Å². The number of carbonyl (C=O) groups excluding carboxylic acids is 6. The fraction of sp³-hybridized carbons (Fsp3) is 0.625. The predicted molar refractivity (Wildman–Crippen MR) is 119 cm³/mol. The summed E-state index contributed by atoms with van der Waals surface area (Å²) >= 11 is 0. The van der Waals surface area contributed by atoms with Crippen molar-refractivity contribution < 1.29 is 126 Å². The van der Waals surface area contributed by atoms with E-state index in [2.05, 4.69) is 0 Å². The summed E-state index contributed by atoms with van der Waals surface area (Å²) in [5, 5.41) is 41.0. The van der Waals surface area contributed by atoms with Crippen LogP contribution in [0.4, 0.5) is 0 Å². The number of hydrogen-bond donors (Lipinski definition) is 0. The third-order valence-electron chi connectivity index (χ3n) is 4.14. The smallest absolute Gasteiger partial charge is 0.549 e. The molecule has 2 heterocycles. The van der Waals surface area contributed by atoms with Crippen LogP contribution >= 0.6 is 0 Å². The third-order valence-corrected chi connectivity index (χ3v) is 4.14. The SMILES string of the molecule is O.O=C([O-])CN1CCN(CC(=O)[O-])C(=O)C1.O=C([O-])CN1CCN(CC(=O)[O-])C(=O)C1.[OH3+].[OH3+].[OH3+].[OH3+].[OH3+].[OH3+].[Zn+2].[Zn+2]. The van der Waals surface area contributed by atoms with E-state index in [0.29, 0.717) is 13.1 Å². The van der Waals surface area contributed by atoms with Crippen LogP contribution in [0.1, 0.15) is 0 Å². The average Bonchev–Trinajstić information content (AvgIpc) is 2.59. The average molecular weight is 691 g/mol. The van der Waals surface area contributed by atoms with Gasteiger partial charge in [-0.3, -0.25) is 19.4 Å². The van der Waals surface area contributed by atoms with E-state index in [0.717, 1.165) is 9.80 Å². The van der Waals surface area contributed by atoms with Crippen molar-refractivity contribution in [3.8, 4) is 0 Å². The van der Waals surface area contributed by atoms with Crippen LogP contribution in [-0.2, 0) is 101 Å². The summed E-state index contributed by atoms with van der Waals surface area (Å²) in [4.78, 5) is 68.6. The first-order chi connectivity index (χ1) is 14.0. The monoisotopic (exact) mass is 688 g/mol. The molecule has 224 valence electrons. The number of rotatable bonds is 8. The van der Waals surface area contributed by atoms with Crippen LogP contribution in [0.5, 0.6) is 0 Å². The molecule has 2 rings (SSSR count). The van der Waals surface area contributed by atoms with Gasteiger partial charge in [0.15, 0.2) is 0 Å². The van der Waals surface area contributed by atoms with Gasteiger partial charge in [-0.1, -0.05) is 0 Å². The normalized spacial score (nSPS) is 13.7. The van der Waals surface area contributed by atoms with Crippen LogP contribution in [0.25, 0.3) is 0 Å². The van der Waals surface area contributed by atoms with Gasteiger partial charge in [0.2, 0.25) is 11.8 Å². The number of aliphatic carboxylic acids is 4. The maximum atomic E-state index is 11.3. The third kappa shape index (κ3) is 25.7. The summed E-state index contributed by atoms with van der Waals surface area (Å²) in [5.41, 5.74) is 0. The molecule has 2 aliphatic heterocycles. The van der Waals surface area contributed by atoms with Gasteiger partial charge in [0.05, 0.1) is 50.1 Å². The molecule has 0 aliphatic carbocycles. The zero-order chi connectivity index (χ0) is 22.8. The number of piperazine rings is 2. The standard InChI is InChI=1S/2C8H12N2O5.7H2O.2Zn/c2*11-6-3-9(4-7(12)13)1-2-10(6)5-8(14)15;;;;;;;;;/h2*1-5H2,(H,12,13)(H,14,15);7*1H2;;/q;;;;;;;;;2*+2/p+2. The minimum Gasteiger partial charge on any atom is -0.549 e. The van der Waals surface area contributed by atoms with Gasteiger partial charge < -0.3 is 87.7 Å². The van der Waals surface area contributed by atoms with Gasteiger partial charge in [0.25, 0.3) is 0 Å². The van der Waals surface area contributed by atoms with Crippen molar-refractivity contribution >= 4 is 35.7 Å². The van der Waals surface area contributed by atoms with Gasteiger partial charge in [0.1, 0.15) is 0 Å². The minimum atomic E-state index is -1.32. The second-order valence-electron chi connectivity index (χ2n) is 6.54. The van der Waals surface area contributed by atoms with Crippen LogP contribution in [0, 0.1) is 0 Å². The molecular formula is C16H40N4O17Zn2+6. The molecule has 0 radical (unpaired) electrons. The Morgan fingerprint density at radius 1 is 0.513 bits per heavy atom. The van der Waals surface area contributed by atoms with Crippen LogP contribution < -0.4 is 20.4 Å². The van der Waals surface area contributed by atoms with Crippen LogP contribution in [0.3, 0.4) is 0 Å². The molecule has 2 fully saturated rings. The van der Waals surface area contributed by atoms with E-state index < -0.39 is 48.8 Å². The number of carbonyl (C=O) groups is 6. The van der Waals surface area contributed by atoms with Gasteiger partial charge in [-0.2, -0.15) is 0 Å². The molecule has 2 amide bonds. The number of carboxylic acids is 4. The molecule has 0 bridgehead atoms.